The molecule has 0 radical (unpaired) electrons. The van der Waals surface area contributed by atoms with Gasteiger partial charge in [-0.3, -0.25) is 0 Å². The number of carbonyl (C=O) groups excluding carboxylic acids is 1. The van der Waals surface area contributed by atoms with Crippen molar-refractivity contribution in [2.45, 2.75) is 44.2 Å². The molecule has 1 aromatic rings. The van der Waals surface area contributed by atoms with Crippen molar-refractivity contribution >= 4 is 5.97 Å². The second kappa shape index (κ2) is 7.13. The summed E-state index contributed by atoms with van der Waals surface area (Å²) in [5.41, 5.74) is -0.802. The standard InChI is InChI=1S/C14H18F3NO4/c1-20-7-8-21-13(19)10-11(14(15,16)17)22-12(18-10)9-5-3-2-4-6-9/h9H,2-8H2,1H3. The summed E-state index contributed by atoms with van der Waals surface area (Å²) in [7, 11) is 1.40. The van der Waals surface area contributed by atoms with E-state index < -0.39 is 23.6 Å². The number of carbonyl (C=O) groups is 1. The van der Waals surface area contributed by atoms with Crippen molar-refractivity contribution in [1.29, 1.82) is 0 Å². The molecule has 5 nitrogen and oxygen atoms in total. The third-order valence-corrected chi connectivity index (χ3v) is 3.57. The van der Waals surface area contributed by atoms with Gasteiger partial charge in [0, 0.05) is 13.0 Å². The van der Waals surface area contributed by atoms with Gasteiger partial charge in [0.1, 0.15) is 6.61 Å². The van der Waals surface area contributed by atoms with Gasteiger partial charge in [-0.2, -0.15) is 13.2 Å². The second-order valence-electron chi connectivity index (χ2n) is 5.19. The van der Waals surface area contributed by atoms with E-state index >= 15 is 0 Å². The Labute approximate surface area is 125 Å². The van der Waals surface area contributed by atoms with Crippen LogP contribution in [0.25, 0.3) is 0 Å². The largest absolute Gasteiger partial charge is 0.458 e. The van der Waals surface area contributed by atoms with Gasteiger partial charge in [0.15, 0.2) is 11.6 Å². The van der Waals surface area contributed by atoms with Crippen molar-refractivity contribution in [2.75, 3.05) is 20.3 Å². The minimum absolute atomic E-state index is 0.0225. The Balaban J connectivity index is 2.22. The maximum absolute atomic E-state index is 13.0. The monoisotopic (exact) mass is 321 g/mol. The first-order valence-corrected chi connectivity index (χ1v) is 7.17. The number of methoxy groups -OCH3 is 1. The molecule has 0 amide bonds. The maximum Gasteiger partial charge on any atom is 0.452 e. The number of oxazole rings is 1. The van der Waals surface area contributed by atoms with Crippen molar-refractivity contribution in [2.24, 2.45) is 0 Å². The van der Waals surface area contributed by atoms with Crippen LogP contribution in [0.4, 0.5) is 13.2 Å². The van der Waals surface area contributed by atoms with Gasteiger partial charge < -0.3 is 13.9 Å². The Hall–Kier alpha value is -1.57. The van der Waals surface area contributed by atoms with Gasteiger partial charge in [-0.25, -0.2) is 9.78 Å². The van der Waals surface area contributed by atoms with E-state index in [0.717, 1.165) is 32.1 Å². The topological polar surface area (TPSA) is 61.6 Å². The number of aromatic nitrogens is 1. The smallest absolute Gasteiger partial charge is 0.452 e. The molecule has 124 valence electrons. The van der Waals surface area contributed by atoms with Crippen LogP contribution in [0.3, 0.4) is 0 Å². The molecule has 0 aromatic carbocycles. The highest BCUT2D eigenvalue weighted by atomic mass is 19.4. The van der Waals surface area contributed by atoms with Crippen LogP contribution in [0.15, 0.2) is 4.42 Å². The lowest BCUT2D eigenvalue weighted by molar-refractivity contribution is -0.154. The summed E-state index contributed by atoms with van der Waals surface area (Å²) in [6.07, 6.45) is -0.458. The number of esters is 1. The maximum atomic E-state index is 13.0. The van der Waals surface area contributed by atoms with Crippen LogP contribution in [0.5, 0.6) is 0 Å². The van der Waals surface area contributed by atoms with Crippen molar-refractivity contribution in [3.63, 3.8) is 0 Å². The zero-order valence-electron chi connectivity index (χ0n) is 12.2. The highest BCUT2D eigenvalue weighted by molar-refractivity contribution is 5.88. The molecule has 1 fully saturated rings. The molecule has 8 heteroatoms. The van der Waals surface area contributed by atoms with Crippen LogP contribution < -0.4 is 0 Å². The van der Waals surface area contributed by atoms with E-state index in [1.165, 1.54) is 7.11 Å². The number of alkyl halides is 3. The molecule has 2 rings (SSSR count). The van der Waals surface area contributed by atoms with E-state index in [1.54, 1.807) is 0 Å². The normalized spacial score (nSPS) is 16.7. The van der Waals surface area contributed by atoms with E-state index in [9.17, 15) is 18.0 Å². The average molecular weight is 321 g/mol. The molecule has 0 unspecified atom stereocenters. The number of ether oxygens (including phenoxy) is 2. The van der Waals surface area contributed by atoms with Crippen molar-refractivity contribution in [3.05, 3.63) is 17.3 Å². The molecule has 1 aliphatic carbocycles. The fourth-order valence-corrected chi connectivity index (χ4v) is 2.48. The van der Waals surface area contributed by atoms with Gasteiger partial charge in [0.05, 0.1) is 6.61 Å². The fourth-order valence-electron chi connectivity index (χ4n) is 2.48. The zero-order valence-corrected chi connectivity index (χ0v) is 12.2. The summed E-state index contributed by atoms with van der Waals surface area (Å²) in [4.78, 5) is 15.6. The number of rotatable bonds is 5. The number of hydrogen-bond donors (Lipinski definition) is 0. The molecular weight excluding hydrogens is 303 g/mol. The average Bonchev–Trinajstić information content (AvgIpc) is 2.94. The number of halogens is 3. The van der Waals surface area contributed by atoms with E-state index in [2.05, 4.69) is 9.72 Å². The third-order valence-electron chi connectivity index (χ3n) is 3.57. The highest BCUT2D eigenvalue weighted by Gasteiger charge is 2.43. The minimum atomic E-state index is -4.78. The van der Waals surface area contributed by atoms with E-state index in [1.807, 2.05) is 0 Å². The van der Waals surface area contributed by atoms with Crippen LogP contribution in [0, 0.1) is 0 Å². The second-order valence-corrected chi connectivity index (χ2v) is 5.19. The molecular formula is C14H18F3NO4. The van der Waals surface area contributed by atoms with Crippen LogP contribution in [0.2, 0.25) is 0 Å². The summed E-state index contributed by atoms with van der Waals surface area (Å²) >= 11 is 0. The number of nitrogens with zero attached hydrogens (tertiary/aromatic N) is 1. The van der Waals surface area contributed by atoms with Crippen molar-refractivity contribution < 1.29 is 31.9 Å². The molecule has 1 saturated carbocycles. The van der Waals surface area contributed by atoms with Crippen LogP contribution in [-0.4, -0.2) is 31.3 Å². The Morgan fingerprint density at radius 2 is 1.95 bits per heavy atom. The van der Waals surface area contributed by atoms with Gasteiger partial charge in [0.2, 0.25) is 5.76 Å². The summed E-state index contributed by atoms with van der Waals surface area (Å²) in [5, 5.41) is 0. The minimum Gasteiger partial charge on any atom is -0.458 e. The first kappa shape index (κ1) is 16.8. The predicted octanol–water partition coefficient (Wildman–Crippen LogP) is 3.54. The Morgan fingerprint density at radius 3 is 2.55 bits per heavy atom. The van der Waals surface area contributed by atoms with E-state index in [0.29, 0.717) is 0 Å². The predicted molar refractivity (Wildman–Crippen MR) is 69.5 cm³/mol. The highest BCUT2D eigenvalue weighted by Crippen LogP contribution is 2.38. The lowest BCUT2D eigenvalue weighted by Gasteiger charge is -2.17. The first-order chi connectivity index (χ1) is 10.4. The summed E-state index contributed by atoms with van der Waals surface area (Å²) in [5.74, 6) is -2.72. The van der Waals surface area contributed by atoms with Crippen LogP contribution in [-0.2, 0) is 15.7 Å². The van der Waals surface area contributed by atoms with Crippen molar-refractivity contribution in [1.82, 2.24) is 4.98 Å². The Bertz CT molecular complexity index is 507. The van der Waals surface area contributed by atoms with Crippen molar-refractivity contribution in [3.8, 4) is 0 Å². The lowest BCUT2D eigenvalue weighted by atomic mass is 9.89. The molecule has 0 atom stereocenters. The molecule has 1 aromatic heterocycles. The summed E-state index contributed by atoms with van der Waals surface area (Å²) in [6.45, 7) is -0.0430. The fraction of sp³-hybridized carbons (Fsp3) is 0.714. The van der Waals surface area contributed by atoms with Gasteiger partial charge in [-0.15, -0.1) is 0 Å². The lowest BCUT2D eigenvalue weighted by Crippen LogP contribution is -2.16. The summed E-state index contributed by atoms with van der Waals surface area (Å²) in [6, 6.07) is 0. The Morgan fingerprint density at radius 1 is 1.27 bits per heavy atom. The molecule has 1 heterocycles. The van der Waals surface area contributed by atoms with Crippen LogP contribution >= 0.6 is 0 Å². The SMILES string of the molecule is COCCOC(=O)c1nc(C2CCCCC2)oc1C(F)(F)F. The quantitative estimate of drug-likeness (QED) is 0.613. The zero-order chi connectivity index (χ0) is 16.2. The first-order valence-electron chi connectivity index (χ1n) is 7.17. The number of hydrogen-bond acceptors (Lipinski definition) is 5. The molecule has 1 aliphatic rings. The summed E-state index contributed by atoms with van der Waals surface area (Å²) < 4.78 is 53.3. The molecule has 0 bridgehead atoms. The molecule has 0 spiro atoms. The Kier molecular flexibility index (Phi) is 5.44. The van der Waals surface area contributed by atoms with Gasteiger partial charge in [-0.05, 0) is 12.8 Å². The molecule has 0 saturated heterocycles. The van der Waals surface area contributed by atoms with Gasteiger partial charge in [0.25, 0.3) is 0 Å². The van der Waals surface area contributed by atoms with Gasteiger partial charge >= 0.3 is 12.1 Å². The van der Waals surface area contributed by atoms with E-state index in [4.69, 9.17) is 9.15 Å². The van der Waals surface area contributed by atoms with Gasteiger partial charge in [-0.1, -0.05) is 19.3 Å². The van der Waals surface area contributed by atoms with Crippen LogP contribution in [0.1, 0.15) is 60.2 Å². The molecule has 0 N–H and O–H groups in total. The van der Waals surface area contributed by atoms with E-state index in [-0.39, 0.29) is 25.0 Å². The third kappa shape index (κ3) is 4.00. The molecule has 22 heavy (non-hydrogen) atoms. The molecule has 0 aliphatic heterocycles.